The number of aliphatic carboxylic acids is 1. The fourth-order valence-electron chi connectivity index (χ4n) is 4.48. The van der Waals surface area contributed by atoms with Gasteiger partial charge in [-0.15, -0.1) is 0 Å². The van der Waals surface area contributed by atoms with Crippen molar-refractivity contribution in [1.82, 2.24) is 10.6 Å². The minimum Gasteiger partial charge on any atom is -0.481 e. The van der Waals surface area contributed by atoms with E-state index >= 15 is 0 Å². The second-order valence-electron chi connectivity index (χ2n) is 10.4. The molecular weight excluding hydrogens is 444 g/mol. The van der Waals surface area contributed by atoms with Crippen molar-refractivity contribution in [3.63, 3.8) is 0 Å². The SMILES string of the molecule is CCC(C)C(NC(=O)OCC1c2ccccc2-c2ccccc21)C(=O)NC(CC(=O)O)C(C)(C)C. The van der Waals surface area contributed by atoms with E-state index in [2.05, 4.69) is 22.8 Å². The molecule has 0 saturated carbocycles. The molecule has 0 aliphatic heterocycles. The van der Waals surface area contributed by atoms with Crippen molar-refractivity contribution in [2.75, 3.05) is 6.61 Å². The van der Waals surface area contributed by atoms with Crippen molar-refractivity contribution in [3.05, 3.63) is 59.7 Å². The number of hydrogen-bond donors (Lipinski definition) is 3. The lowest BCUT2D eigenvalue weighted by Gasteiger charge is -2.33. The molecule has 0 radical (unpaired) electrons. The van der Waals surface area contributed by atoms with Crippen LogP contribution >= 0.6 is 0 Å². The number of carboxylic acids is 1. The van der Waals surface area contributed by atoms with Crippen molar-refractivity contribution in [2.24, 2.45) is 11.3 Å². The summed E-state index contributed by atoms with van der Waals surface area (Å²) in [5.74, 6) is -1.64. The number of alkyl carbamates (subject to hydrolysis) is 1. The van der Waals surface area contributed by atoms with Crippen molar-refractivity contribution >= 4 is 18.0 Å². The first-order valence-corrected chi connectivity index (χ1v) is 12.2. The Morgan fingerprint density at radius 1 is 0.971 bits per heavy atom. The van der Waals surface area contributed by atoms with Crippen LogP contribution in [0.15, 0.2) is 48.5 Å². The van der Waals surface area contributed by atoms with Crippen molar-refractivity contribution in [2.45, 2.75) is 65.5 Å². The molecule has 2 aromatic carbocycles. The van der Waals surface area contributed by atoms with Crippen LogP contribution in [0.25, 0.3) is 11.1 Å². The molecule has 3 atom stereocenters. The van der Waals surface area contributed by atoms with Crippen molar-refractivity contribution in [3.8, 4) is 11.1 Å². The van der Waals surface area contributed by atoms with Gasteiger partial charge in [0.15, 0.2) is 0 Å². The standard InChI is InChI=1S/C28H36N2O5/c1-6-17(2)25(26(33)29-23(15-24(31)32)28(3,4)5)30-27(34)35-16-22-20-13-9-7-11-18(20)19-12-8-10-14-21(19)22/h7-14,17,22-23,25H,6,15-16H2,1-5H3,(H,29,33)(H,30,34)(H,31,32). The molecular formula is C28H36N2O5. The third kappa shape index (κ3) is 6.21. The van der Waals surface area contributed by atoms with Crippen LogP contribution in [0, 0.1) is 11.3 Å². The van der Waals surface area contributed by atoms with E-state index in [1.54, 1.807) is 0 Å². The average Bonchev–Trinajstić information content (AvgIpc) is 3.13. The highest BCUT2D eigenvalue weighted by Gasteiger charge is 2.34. The third-order valence-electron chi connectivity index (χ3n) is 6.85. The summed E-state index contributed by atoms with van der Waals surface area (Å²) in [6.07, 6.45) is -0.216. The lowest BCUT2D eigenvalue weighted by Crippen LogP contribution is -2.55. The number of hydrogen-bond acceptors (Lipinski definition) is 4. The molecule has 0 aromatic heterocycles. The predicted molar refractivity (Wildman–Crippen MR) is 135 cm³/mol. The molecule has 3 rings (SSSR count). The van der Waals surface area contributed by atoms with Crippen LogP contribution in [0.5, 0.6) is 0 Å². The van der Waals surface area contributed by atoms with Gasteiger partial charge in [0.05, 0.1) is 6.42 Å². The maximum Gasteiger partial charge on any atom is 0.407 e. The Labute approximate surface area is 207 Å². The normalized spacial score (nSPS) is 15.3. The number of benzene rings is 2. The number of carboxylic acid groups (broad SMARTS) is 1. The van der Waals surface area contributed by atoms with Gasteiger partial charge in [-0.3, -0.25) is 9.59 Å². The molecule has 7 heteroatoms. The smallest absolute Gasteiger partial charge is 0.407 e. The molecule has 188 valence electrons. The van der Waals surface area contributed by atoms with Gasteiger partial charge < -0.3 is 20.5 Å². The second kappa shape index (κ2) is 10.9. The van der Waals surface area contributed by atoms with E-state index in [0.717, 1.165) is 22.3 Å². The van der Waals surface area contributed by atoms with Gasteiger partial charge in [0.2, 0.25) is 5.91 Å². The van der Waals surface area contributed by atoms with Crippen LogP contribution < -0.4 is 10.6 Å². The fraction of sp³-hybridized carbons (Fsp3) is 0.464. The zero-order valence-electron chi connectivity index (χ0n) is 21.1. The predicted octanol–water partition coefficient (Wildman–Crippen LogP) is 4.95. The minimum atomic E-state index is -0.991. The van der Waals surface area contributed by atoms with E-state index in [4.69, 9.17) is 4.74 Å². The Hall–Kier alpha value is -3.35. The van der Waals surface area contributed by atoms with Gasteiger partial charge in [-0.05, 0) is 33.6 Å². The highest BCUT2D eigenvalue weighted by atomic mass is 16.5. The summed E-state index contributed by atoms with van der Waals surface area (Å²) >= 11 is 0. The highest BCUT2D eigenvalue weighted by molar-refractivity contribution is 5.86. The van der Waals surface area contributed by atoms with E-state index < -0.39 is 35.5 Å². The number of amides is 2. The molecule has 1 aliphatic carbocycles. The van der Waals surface area contributed by atoms with Gasteiger partial charge in [-0.2, -0.15) is 0 Å². The molecule has 2 amide bonds. The number of fused-ring (bicyclic) bond motifs is 3. The number of carbonyl (C=O) groups is 3. The summed E-state index contributed by atoms with van der Waals surface area (Å²) in [5.41, 5.74) is 4.04. The van der Waals surface area contributed by atoms with E-state index in [1.165, 1.54) is 0 Å². The Kier molecular flexibility index (Phi) is 8.20. The van der Waals surface area contributed by atoms with Crippen LogP contribution in [0.2, 0.25) is 0 Å². The molecule has 7 nitrogen and oxygen atoms in total. The van der Waals surface area contributed by atoms with E-state index in [9.17, 15) is 19.5 Å². The van der Waals surface area contributed by atoms with Crippen LogP contribution in [-0.4, -0.2) is 41.8 Å². The minimum absolute atomic E-state index is 0.0788. The number of carbonyl (C=O) groups excluding carboxylic acids is 2. The van der Waals surface area contributed by atoms with E-state index in [1.807, 2.05) is 71.0 Å². The Balaban J connectivity index is 1.69. The molecule has 2 aromatic rings. The molecule has 0 saturated heterocycles. The number of rotatable bonds is 9. The van der Waals surface area contributed by atoms with Gasteiger partial charge in [0.1, 0.15) is 12.6 Å². The molecule has 1 aliphatic rings. The summed E-state index contributed by atoms with van der Waals surface area (Å²) in [7, 11) is 0. The first-order chi connectivity index (χ1) is 16.5. The summed E-state index contributed by atoms with van der Waals surface area (Å²) in [6.45, 7) is 9.58. The maximum atomic E-state index is 13.1. The summed E-state index contributed by atoms with van der Waals surface area (Å²) < 4.78 is 5.63. The largest absolute Gasteiger partial charge is 0.481 e. The van der Waals surface area contributed by atoms with Gasteiger partial charge in [0, 0.05) is 12.0 Å². The molecule has 3 unspecified atom stereocenters. The first-order valence-electron chi connectivity index (χ1n) is 12.2. The molecule has 3 N–H and O–H groups in total. The first kappa shape index (κ1) is 26.3. The molecule has 0 spiro atoms. The topological polar surface area (TPSA) is 105 Å². The molecule has 35 heavy (non-hydrogen) atoms. The zero-order chi connectivity index (χ0) is 25.8. The Morgan fingerprint density at radius 2 is 1.51 bits per heavy atom. The number of ether oxygens (including phenoxy) is 1. The van der Waals surface area contributed by atoms with Gasteiger partial charge in [-0.1, -0.05) is 89.6 Å². The summed E-state index contributed by atoms with van der Waals surface area (Å²) in [5, 5.41) is 14.8. The van der Waals surface area contributed by atoms with Crippen molar-refractivity contribution in [1.29, 1.82) is 0 Å². The lowest BCUT2D eigenvalue weighted by atomic mass is 9.84. The Morgan fingerprint density at radius 3 is 2.00 bits per heavy atom. The summed E-state index contributed by atoms with van der Waals surface area (Å²) in [4.78, 5) is 37.3. The zero-order valence-corrected chi connectivity index (χ0v) is 21.1. The van der Waals surface area contributed by atoms with Crippen molar-refractivity contribution < 1.29 is 24.2 Å². The quantitative estimate of drug-likeness (QED) is 0.471. The maximum absolute atomic E-state index is 13.1. The van der Waals surface area contributed by atoms with E-state index in [0.29, 0.717) is 6.42 Å². The Bertz CT molecular complexity index is 1030. The lowest BCUT2D eigenvalue weighted by molar-refractivity contribution is -0.138. The van der Waals surface area contributed by atoms with Gasteiger partial charge in [-0.25, -0.2) is 4.79 Å². The highest BCUT2D eigenvalue weighted by Crippen LogP contribution is 2.44. The fourth-order valence-corrected chi connectivity index (χ4v) is 4.48. The second-order valence-corrected chi connectivity index (χ2v) is 10.4. The van der Waals surface area contributed by atoms with Crippen LogP contribution in [0.3, 0.4) is 0 Å². The van der Waals surface area contributed by atoms with Crippen LogP contribution in [0.4, 0.5) is 4.79 Å². The van der Waals surface area contributed by atoms with E-state index in [-0.39, 0.29) is 24.9 Å². The van der Waals surface area contributed by atoms with Gasteiger partial charge >= 0.3 is 12.1 Å². The molecule has 0 heterocycles. The average molecular weight is 481 g/mol. The van der Waals surface area contributed by atoms with Crippen LogP contribution in [0.1, 0.15) is 64.5 Å². The van der Waals surface area contributed by atoms with Gasteiger partial charge in [0.25, 0.3) is 0 Å². The number of nitrogens with one attached hydrogen (secondary N) is 2. The monoisotopic (exact) mass is 480 g/mol. The molecule has 0 bridgehead atoms. The third-order valence-corrected chi connectivity index (χ3v) is 6.85. The molecule has 0 fully saturated rings. The van der Waals surface area contributed by atoms with Crippen LogP contribution in [-0.2, 0) is 14.3 Å². The summed E-state index contributed by atoms with van der Waals surface area (Å²) in [6, 6.07) is 14.8.